The maximum Gasteiger partial charge on any atom is 0.319 e. The average Bonchev–Trinajstić information content (AvgIpc) is 2.33. The number of carbonyl (C=O) groups is 2. The number of benzene rings is 1. The Bertz CT molecular complexity index is 490. The van der Waals surface area contributed by atoms with Gasteiger partial charge in [-0.1, -0.05) is 11.6 Å². The summed E-state index contributed by atoms with van der Waals surface area (Å²) in [5.74, 6) is -1.38. The van der Waals surface area contributed by atoms with Gasteiger partial charge in [0, 0.05) is 17.4 Å². The van der Waals surface area contributed by atoms with E-state index in [0.29, 0.717) is 23.9 Å². The molecule has 110 valence electrons. The second-order valence-corrected chi connectivity index (χ2v) is 5.24. The number of carboxylic acid groups (broad SMARTS) is 1. The van der Waals surface area contributed by atoms with Crippen LogP contribution in [0.25, 0.3) is 0 Å². The molecule has 0 saturated carbocycles. The van der Waals surface area contributed by atoms with Gasteiger partial charge in [0.05, 0.1) is 10.7 Å². The molecule has 0 unspecified atom stereocenters. The summed E-state index contributed by atoms with van der Waals surface area (Å²) in [5.41, 5.74) is 0.274. The number of carbonyl (C=O) groups excluding carboxylic acids is 1. The highest BCUT2D eigenvalue weighted by Gasteiger charge is 2.11. The lowest BCUT2D eigenvalue weighted by atomic mass is 10.2. The monoisotopic (exact) mass is 366 g/mol. The van der Waals surface area contributed by atoms with Crippen molar-refractivity contribution >= 4 is 45.2 Å². The van der Waals surface area contributed by atoms with Crippen molar-refractivity contribution in [3.8, 4) is 0 Å². The van der Waals surface area contributed by atoms with Crippen molar-refractivity contribution in [2.75, 3.05) is 11.9 Å². The first kappa shape index (κ1) is 16.7. The zero-order valence-corrected chi connectivity index (χ0v) is 12.7. The van der Waals surface area contributed by atoms with Gasteiger partial charge >= 0.3 is 12.0 Å². The number of hydrogen-bond acceptors (Lipinski definition) is 2. The van der Waals surface area contributed by atoms with E-state index in [1.165, 1.54) is 6.07 Å². The summed E-state index contributed by atoms with van der Waals surface area (Å²) < 4.78 is 13.3. The van der Waals surface area contributed by atoms with Crippen molar-refractivity contribution in [2.45, 2.75) is 19.3 Å². The van der Waals surface area contributed by atoms with Crippen LogP contribution in [0.3, 0.4) is 0 Å². The standard InChI is InChI=1S/C12H13BrClFN2O3/c13-8-5-7(15)6-9(14)11(8)17-12(20)16-4-2-1-3-10(18)19/h5-6H,1-4H2,(H,18,19)(H2,16,17,20). The molecule has 2 amide bonds. The molecule has 0 saturated heterocycles. The highest BCUT2D eigenvalue weighted by Crippen LogP contribution is 2.31. The number of unbranched alkanes of at least 4 members (excludes halogenated alkanes) is 1. The second kappa shape index (κ2) is 8.06. The van der Waals surface area contributed by atoms with Crippen molar-refractivity contribution in [3.05, 3.63) is 27.4 Å². The summed E-state index contributed by atoms with van der Waals surface area (Å²) in [6.07, 6.45) is 1.10. The van der Waals surface area contributed by atoms with Crippen LogP contribution in [0.4, 0.5) is 14.9 Å². The average molecular weight is 368 g/mol. The summed E-state index contributed by atoms with van der Waals surface area (Å²) >= 11 is 8.92. The number of aliphatic carboxylic acids is 1. The van der Waals surface area contributed by atoms with Crippen LogP contribution in [-0.4, -0.2) is 23.7 Å². The fourth-order valence-electron chi connectivity index (χ4n) is 1.42. The van der Waals surface area contributed by atoms with E-state index in [1.54, 1.807) is 0 Å². The Kier molecular flexibility index (Phi) is 6.74. The predicted molar refractivity (Wildman–Crippen MR) is 77.6 cm³/mol. The summed E-state index contributed by atoms with van der Waals surface area (Å²) in [4.78, 5) is 21.9. The van der Waals surface area contributed by atoms with Crippen LogP contribution >= 0.6 is 27.5 Å². The van der Waals surface area contributed by atoms with E-state index >= 15 is 0 Å². The van der Waals surface area contributed by atoms with Crippen LogP contribution in [0.15, 0.2) is 16.6 Å². The molecule has 0 spiro atoms. The van der Waals surface area contributed by atoms with E-state index in [-0.39, 0.29) is 17.1 Å². The number of amides is 2. The quantitative estimate of drug-likeness (QED) is 0.672. The highest BCUT2D eigenvalue weighted by molar-refractivity contribution is 9.10. The Balaban J connectivity index is 2.41. The molecule has 0 atom stereocenters. The molecule has 5 nitrogen and oxygen atoms in total. The number of rotatable bonds is 6. The molecule has 1 aromatic carbocycles. The first-order chi connectivity index (χ1) is 9.40. The molecular weight excluding hydrogens is 354 g/mol. The molecule has 0 heterocycles. The lowest BCUT2D eigenvalue weighted by molar-refractivity contribution is -0.137. The first-order valence-electron chi connectivity index (χ1n) is 5.81. The van der Waals surface area contributed by atoms with E-state index in [9.17, 15) is 14.0 Å². The largest absolute Gasteiger partial charge is 0.481 e. The molecule has 0 aliphatic carbocycles. The minimum Gasteiger partial charge on any atom is -0.481 e. The van der Waals surface area contributed by atoms with Crippen LogP contribution in [-0.2, 0) is 4.79 Å². The number of urea groups is 1. The van der Waals surface area contributed by atoms with Gasteiger partial charge < -0.3 is 15.7 Å². The molecule has 3 N–H and O–H groups in total. The van der Waals surface area contributed by atoms with Gasteiger partial charge in [-0.15, -0.1) is 0 Å². The van der Waals surface area contributed by atoms with Gasteiger partial charge in [0.15, 0.2) is 0 Å². The number of hydrogen-bond donors (Lipinski definition) is 3. The van der Waals surface area contributed by atoms with Gasteiger partial charge in [0.2, 0.25) is 0 Å². The molecule has 0 fully saturated rings. The van der Waals surface area contributed by atoms with Crippen molar-refractivity contribution in [1.82, 2.24) is 5.32 Å². The molecule has 20 heavy (non-hydrogen) atoms. The van der Waals surface area contributed by atoms with E-state index in [0.717, 1.165) is 6.07 Å². The minimum absolute atomic E-state index is 0.0681. The Hall–Kier alpha value is -1.34. The topological polar surface area (TPSA) is 78.4 Å². The zero-order chi connectivity index (χ0) is 15.1. The van der Waals surface area contributed by atoms with Crippen molar-refractivity contribution in [1.29, 1.82) is 0 Å². The Morgan fingerprint density at radius 1 is 1.35 bits per heavy atom. The van der Waals surface area contributed by atoms with Gasteiger partial charge in [0.1, 0.15) is 5.82 Å². The minimum atomic E-state index is -0.864. The first-order valence-corrected chi connectivity index (χ1v) is 6.98. The van der Waals surface area contributed by atoms with Gasteiger partial charge in [-0.25, -0.2) is 9.18 Å². The molecule has 1 aromatic rings. The normalized spacial score (nSPS) is 10.2. The predicted octanol–water partition coefficient (Wildman–Crippen LogP) is 3.62. The lowest BCUT2D eigenvalue weighted by Gasteiger charge is -2.10. The SMILES string of the molecule is O=C(O)CCCCNC(=O)Nc1c(Cl)cc(F)cc1Br. The van der Waals surface area contributed by atoms with Crippen LogP contribution in [0.2, 0.25) is 5.02 Å². The summed E-state index contributed by atoms with van der Waals surface area (Å²) in [6.45, 7) is 0.343. The van der Waals surface area contributed by atoms with Crippen LogP contribution < -0.4 is 10.6 Å². The summed E-state index contributed by atoms with van der Waals surface area (Å²) in [7, 11) is 0. The third kappa shape index (κ3) is 5.75. The van der Waals surface area contributed by atoms with Crippen LogP contribution in [0.5, 0.6) is 0 Å². The van der Waals surface area contributed by atoms with E-state index < -0.39 is 17.8 Å². The van der Waals surface area contributed by atoms with E-state index in [2.05, 4.69) is 26.6 Å². The molecule has 0 aliphatic rings. The van der Waals surface area contributed by atoms with Gasteiger partial charge in [-0.2, -0.15) is 0 Å². The fourth-order valence-corrected chi connectivity index (χ4v) is 2.32. The summed E-state index contributed by atoms with van der Waals surface area (Å²) in [6, 6.07) is 1.79. The van der Waals surface area contributed by atoms with Crippen LogP contribution in [0.1, 0.15) is 19.3 Å². The maximum atomic E-state index is 13.0. The number of nitrogens with one attached hydrogen (secondary N) is 2. The van der Waals surface area contributed by atoms with E-state index in [1.807, 2.05) is 0 Å². The smallest absolute Gasteiger partial charge is 0.319 e. The Labute approximate surface area is 128 Å². The van der Waals surface area contributed by atoms with Gasteiger partial charge in [0.25, 0.3) is 0 Å². The second-order valence-electron chi connectivity index (χ2n) is 3.98. The third-order valence-corrected chi connectivity index (χ3v) is 3.27. The molecule has 0 aromatic heterocycles. The van der Waals surface area contributed by atoms with E-state index in [4.69, 9.17) is 16.7 Å². The Morgan fingerprint density at radius 2 is 2.05 bits per heavy atom. The fraction of sp³-hybridized carbons (Fsp3) is 0.333. The van der Waals surface area contributed by atoms with Gasteiger partial charge in [-0.3, -0.25) is 4.79 Å². The van der Waals surface area contributed by atoms with Crippen molar-refractivity contribution in [2.24, 2.45) is 0 Å². The van der Waals surface area contributed by atoms with Crippen molar-refractivity contribution in [3.63, 3.8) is 0 Å². The third-order valence-electron chi connectivity index (χ3n) is 2.35. The molecule has 0 aliphatic heterocycles. The maximum absolute atomic E-state index is 13.0. The van der Waals surface area contributed by atoms with Crippen LogP contribution in [0, 0.1) is 5.82 Å². The highest BCUT2D eigenvalue weighted by atomic mass is 79.9. The molecule has 1 rings (SSSR count). The molecule has 0 bridgehead atoms. The molecule has 8 heteroatoms. The summed E-state index contributed by atoms with van der Waals surface area (Å²) in [5, 5.41) is 13.6. The number of carboxylic acids is 1. The molecule has 0 radical (unpaired) electrons. The zero-order valence-electron chi connectivity index (χ0n) is 10.4. The number of anilines is 1. The number of halogens is 3. The van der Waals surface area contributed by atoms with Crippen molar-refractivity contribution < 1.29 is 19.1 Å². The lowest BCUT2D eigenvalue weighted by Crippen LogP contribution is -2.29. The Morgan fingerprint density at radius 3 is 2.65 bits per heavy atom. The van der Waals surface area contributed by atoms with Gasteiger partial charge in [-0.05, 0) is 40.9 Å². The molecular formula is C12H13BrClFN2O3.